The summed E-state index contributed by atoms with van der Waals surface area (Å²) in [6, 6.07) is 17.5. The van der Waals surface area contributed by atoms with Crippen LogP contribution in [-0.2, 0) is 6.42 Å². The Morgan fingerprint density at radius 2 is 1.83 bits per heavy atom. The zero-order chi connectivity index (χ0) is 13.0. The van der Waals surface area contributed by atoms with Crippen molar-refractivity contribution in [1.29, 1.82) is 0 Å². The molecule has 0 heterocycles. The summed E-state index contributed by atoms with van der Waals surface area (Å²) < 4.78 is 5.17. The molecule has 2 rings (SSSR count). The summed E-state index contributed by atoms with van der Waals surface area (Å²) >= 11 is 0. The van der Waals surface area contributed by atoms with E-state index >= 15 is 0 Å². The van der Waals surface area contributed by atoms with Gasteiger partial charge in [-0.05, 0) is 41.8 Å². The van der Waals surface area contributed by atoms with Crippen LogP contribution in [0.15, 0.2) is 42.5 Å². The first-order valence-electron chi connectivity index (χ1n) is 6.00. The molecule has 93 valence electrons. The summed E-state index contributed by atoms with van der Waals surface area (Å²) in [5.74, 6) is 0.896. The molecule has 0 aliphatic carbocycles. The van der Waals surface area contributed by atoms with Crippen molar-refractivity contribution in [1.82, 2.24) is 0 Å². The molecule has 0 atom stereocenters. The van der Waals surface area contributed by atoms with Crippen LogP contribution in [0.1, 0.15) is 11.1 Å². The minimum absolute atomic E-state index is 0.896. The second kappa shape index (κ2) is 5.58. The zero-order valence-corrected chi connectivity index (χ0v) is 11.1. The van der Waals surface area contributed by atoms with Crippen molar-refractivity contribution in [3.63, 3.8) is 0 Å². The first-order chi connectivity index (χ1) is 8.70. The fourth-order valence-electron chi connectivity index (χ4n) is 1.98. The van der Waals surface area contributed by atoms with E-state index in [1.807, 2.05) is 24.3 Å². The van der Waals surface area contributed by atoms with Crippen LogP contribution in [0.25, 0.3) is 0 Å². The summed E-state index contributed by atoms with van der Waals surface area (Å²) in [7, 11) is 5.80. The monoisotopic (exact) mass is 240 g/mol. The standard InChI is InChI=1S/C16H18NO/c1-17(2)16-7-5-4-6-14(16)12-13-8-10-15(18-3)11-9-13/h4,6-11H,12H2,1-3H3. The number of nitrogens with zero attached hydrogens (tertiary/aromatic N) is 1. The minimum Gasteiger partial charge on any atom is -0.497 e. The third-order valence-electron chi connectivity index (χ3n) is 2.97. The van der Waals surface area contributed by atoms with Crippen molar-refractivity contribution in [3.05, 3.63) is 59.7 Å². The van der Waals surface area contributed by atoms with E-state index in [1.165, 1.54) is 16.8 Å². The molecular weight excluding hydrogens is 222 g/mol. The van der Waals surface area contributed by atoms with Gasteiger partial charge in [0.25, 0.3) is 0 Å². The van der Waals surface area contributed by atoms with Crippen molar-refractivity contribution < 1.29 is 4.74 Å². The number of methoxy groups -OCH3 is 1. The molecule has 0 saturated heterocycles. The average Bonchev–Trinajstić information content (AvgIpc) is 2.40. The number of rotatable bonds is 4. The van der Waals surface area contributed by atoms with Gasteiger partial charge in [0.05, 0.1) is 7.11 Å². The van der Waals surface area contributed by atoms with Crippen LogP contribution in [0.3, 0.4) is 0 Å². The molecule has 0 fully saturated rings. The average molecular weight is 240 g/mol. The summed E-state index contributed by atoms with van der Waals surface area (Å²) in [4.78, 5) is 2.12. The van der Waals surface area contributed by atoms with Gasteiger partial charge in [-0.3, -0.25) is 0 Å². The number of hydrogen-bond donors (Lipinski definition) is 0. The molecule has 0 bridgehead atoms. The predicted molar refractivity (Wildman–Crippen MR) is 75.4 cm³/mol. The first kappa shape index (κ1) is 12.5. The van der Waals surface area contributed by atoms with Gasteiger partial charge in [-0.25, -0.2) is 0 Å². The topological polar surface area (TPSA) is 12.5 Å². The summed E-state index contributed by atoms with van der Waals surface area (Å²) in [6.45, 7) is 0. The van der Waals surface area contributed by atoms with E-state index in [4.69, 9.17) is 4.74 Å². The highest BCUT2D eigenvalue weighted by atomic mass is 16.5. The maximum atomic E-state index is 5.17. The quantitative estimate of drug-likeness (QED) is 0.814. The Morgan fingerprint density at radius 1 is 1.11 bits per heavy atom. The summed E-state index contributed by atoms with van der Waals surface area (Å²) in [5.41, 5.74) is 3.81. The molecule has 0 aliphatic rings. The first-order valence-corrected chi connectivity index (χ1v) is 6.00. The fraction of sp³-hybridized carbons (Fsp3) is 0.250. The zero-order valence-electron chi connectivity index (χ0n) is 11.1. The molecule has 18 heavy (non-hydrogen) atoms. The van der Waals surface area contributed by atoms with Crippen molar-refractivity contribution in [2.45, 2.75) is 6.42 Å². The Bertz CT molecular complexity index is 503. The molecule has 0 aliphatic heterocycles. The molecule has 0 aromatic heterocycles. The van der Waals surface area contributed by atoms with Crippen LogP contribution >= 0.6 is 0 Å². The molecule has 0 spiro atoms. The lowest BCUT2D eigenvalue weighted by Gasteiger charge is -2.17. The summed E-state index contributed by atoms with van der Waals surface area (Å²) in [5, 5.41) is 0. The van der Waals surface area contributed by atoms with Crippen LogP contribution in [0.5, 0.6) is 5.75 Å². The summed E-state index contributed by atoms with van der Waals surface area (Å²) in [6.07, 6.45) is 0.923. The number of benzene rings is 2. The number of hydrogen-bond acceptors (Lipinski definition) is 2. The van der Waals surface area contributed by atoms with E-state index in [-0.39, 0.29) is 0 Å². The predicted octanol–water partition coefficient (Wildman–Crippen LogP) is 3.15. The molecule has 2 aromatic rings. The second-order valence-electron chi connectivity index (χ2n) is 4.47. The minimum atomic E-state index is 0.896. The van der Waals surface area contributed by atoms with Crippen molar-refractivity contribution in [3.8, 4) is 5.75 Å². The van der Waals surface area contributed by atoms with E-state index in [0.29, 0.717) is 0 Å². The Hall–Kier alpha value is -1.96. The largest absolute Gasteiger partial charge is 0.497 e. The van der Waals surface area contributed by atoms with Gasteiger partial charge in [-0.15, -0.1) is 0 Å². The second-order valence-corrected chi connectivity index (χ2v) is 4.47. The van der Waals surface area contributed by atoms with Gasteiger partial charge in [0, 0.05) is 19.8 Å². The third-order valence-corrected chi connectivity index (χ3v) is 2.97. The molecule has 2 nitrogen and oxygen atoms in total. The Labute approximate surface area is 109 Å². The van der Waals surface area contributed by atoms with Gasteiger partial charge in [0.15, 0.2) is 0 Å². The van der Waals surface area contributed by atoms with Gasteiger partial charge in [-0.1, -0.05) is 24.3 Å². The maximum absolute atomic E-state index is 5.17. The van der Waals surface area contributed by atoms with Crippen LogP contribution in [-0.4, -0.2) is 21.2 Å². The smallest absolute Gasteiger partial charge is 0.118 e. The molecule has 2 aromatic carbocycles. The molecule has 2 heteroatoms. The van der Waals surface area contributed by atoms with Gasteiger partial charge < -0.3 is 9.64 Å². The van der Waals surface area contributed by atoms with E-state index in [1.54, 1.807) is 7.11 Å². The van der Waals surface area contributed by atoms with E-state index in [0.717, 1.165) is 12.2 Å². The van der Waals surface area contributed by atoms with E-state index < -0.39 is 0 Å². The van der Waals surface area contributed by atoms with Crippen LogP contribution in [0, 0.1) is 6.07 Å². The maximum Gasteiger partial charge on any atom is 0.118 e. The Balaban J connectivity index is 2.22. The van der Waals surface area contributed by atoms with Gasteiger partial charge in [0.1, 0.15) is 5.75 Å². The van der Waals surface area contributed by atoms with Crippen molar-refractivity contribution >= 4 is 5.69 Å². The van der Waals surface area contributed by atoms with Crippen molar-refractivity contribution in [2.75, 3.05) is 26.1 Å². The highest BCUT2D eigenvalue weighted by molar-refractivity contribution is 5.53. The van der Waals surface area contributed by atoms with E-state index in [9.17, 15) is 0 Å². The SMILES string of the molecule is COc1ccc(Cc2cc[c]cc2N(C)C)cc1. The Morgan fingerprint density at radius 3 is 2.44 bits per heavy atom. The van der Waals surface area contributed by atoms with Crippen molar-refractivity contribution in [2.24, 2.45) is 0 Å². The molecular formula is C16H18NO. The molecule has 0 unspecified atom stereocenters. The van der Waals surface area contributed by atoms with Gasteiger partial charge in [-0.2, -0.15) is 0 Å². The normalized spacial score (nSPS) is 10.2. The van der Waals surface area contributed by atoms with Gasteiger partial charge in [0.2, 0.25) is 0 Å². The van der Waals surface area contributed by atoms with Crippen LogP contribution < -0.4 is 9.64 Å². The molecule has 0 saturated carbocycles. The fourth-order valence-corrected chi connectivity index (χ4v) is 1.98. The molecule has 1 radical (unpaired) electrons. The lowest BCUT2D eigenvalue weighted by atomic mass is 10.0. The lowest BCUT2D eigenvalue weighted by molar-refractivity contribution is 0.414. The van der Waals surface area contributed by atoms with Crippen LogP contribution in [0.2, 0.25) is 0 Å². The highest BCUT2D eigenvalue weighted by Crippen LogP contribution is 2.22. The lowest BCUT2D eigenvalue weighted by Crippen LogP contribution is -2.11. The molecule has 0 N–H and O–H groups in total. The number of ether oxygens (including phenoxy) is 1. The van der Waals surface area contributed by atoms with Crippen LogP contribution in [0.4, 0.5) is 5.69 Å². The Kier molecular flexibility index (Phi) is 3.88. The third kappa shape index (κ3) is 2.83. The van der Waals surface area contributed by atoms with Gasteiger partial charge >= 0.3 is 0 Å². The highest BCUT2D eigenvalue weighted by Gasteiger charge is 2.04. The van der Waals surface area contributed by atoms with E-state index in [2.05, 4.69) is 43.3 Å². The molecule has 0 amide bonds. The number of anilines is 1.